The number of anilines is 1. The van der Waals surface area contributed by atoms with E-state index in [-0.39, 0.29) is 24.2 Å². The normalized spacial score (nSPS) is 16.2. The Hall–Kier alpha value is -3.48. The Bertz CT molecular complexity index is 998. The first-order chi connectivity index (χ1) is 14.1. The summed E-state index contributed by atoms with van der Waals surface area (Å²) >= 11 is 0. The Kier molecular flexibility index (Phi) is 5.37. The zero-order valence-corrected chi connectivity index (χ0v) is 16.2. The van der Waals surface area contributed by atoms with Gasteiger partial charge in [0.2, 0.25) is 11.8 Å². The number of amides is 2. The van der Waals surface area contributed by atoms with E-state index in [0.717, 1.165) is 12.0 Å². The van der Waals surface area contributed by atoms with Gasteiger partial charge in [0.15, 0.2) is 5.82 Å². The van der Waals surface area contributed by atoms with Crippen molar-refractivity contribution < 1.29 is 14.1 Å². The van der Waals surface area contributed by atoms with Gasteiger partial charge in [-0.1, -0.05) is 35.5 Å². The number of hydrogen-bond donors (Lipinski definition) is 1. The predicted octanol–water partition coefficient (Wildman–Crippen LogP) is 3.07. The largest absolute Gasteiger partial charge is 0.342 e. The predicted molar refractivity (Wildman–Crippen MR) is 108 cm³/mol. The topological polar surface area (TPSA) is 88.3 Å². The minimum Gasteiger partial charge on any atom is -0.342 e. The summed E-state index contributed by atoms with van der Waals surface area (Å²) in [7, 11) is 0. The van der Waals surface area contributed by atoms with Crippen molar-refractivity contribution in [2.24, 2.45) is 5.92 Å². The van der Waals surface area contributed by atoms with Gasteiger partial charge in [-0.05, 0) is 43.2 Å². The van der Waals surface area contributed by atoms with Crippen LogP contribution in [0.5, 0.6) is 0 Å². The second-order valence-corrected chi connectivity index (χ2v) is 7.19. The van der Waals surface area contributed by atoms with Crippen molar-refractivity contribution in [3.8, 4) is 11.5 Å². The molecule has 7 heteroatoms. The third-order valence-electron chi connectivity index (χ3n) is 5.03. The number of hydrogen-bond acceptors (Lipinski definition) is 5. The van der Waals surface area contributed by atoms with Gasteiger partial charge >= 0.3 is 0 Å². The summed E-state index contributed by atoms with van der Waals surface area (Å²) in [6, 6.07) is 17.2. The molecule has 1 N–H and O–H groups in total. The Morgan fingerprint density at radius 2 is 1.93 bits per heavy atom. The highest BCUT2D eigenvalue weighted by molar-refractivity contribution is 5.97. The number of aryl methyl sites for hydroxylation is 1. The van der Waals surface area contributed by atoms with Crippen molar-refractivity contribution in [1.82, 2.24) is 15.0 Å². The summed E-state index contributed by atoms with van der Waals surface area (Å²) in [5.74, 6) is 0.567. The highest BCUT2D eigenvalue weighted by Crippen LogP contribution is 2.23. The second-order valence-electron chi connectivity index (χ2n) is 7.19. The van der Waals surface area contributed by atoms with Crippen LogP contribution in [0.25, 0.3) is 11.5 Å². The van der Waals surface area contributed by atoms with E-state index in [4.69, 9.17) is 4.52 Å². The van der Waals surface area contributed by atoms with Crippen LogP contribution in [0.2, 0.25) is 0 Å². The lowest BCUT2D eigenvalue weighted by Crippen LogP contribution is -2.30. The van der Waals surface area contributed by atoms with Gasteiger partial charge in [-0.2, -0.15) is 4.98 Å². The number of carbonyl (C=O) groups is 2. The fourth-order valence-corrected chi connectivity index (χ4v) is 3.43. The number of rotatable bonds is 6. The van der Waals surface area contributed by atoms with Crippen molar-refractivity contribution in [2.75, 3.05) is 18.4 Å². The maximum Gasteiger partial charge on any atom is 0.257 e. The first-order valence-electron chi connectivity index (χ1n) is 9.62. The zero-order valence-electron chi connectivity index (χ0n) is 16.2. The van der Waals surface area contributed by atoms with Crippen LogP contribution in [0.15, 0.2) is 59.1 Å². The molecule has 1 aromatic heterocycles. The van der Waals surface area contributed by atoms with Crippen LogP contribution in [0, 0.1) is 12.8 Å². The molecule has 0 saturated carbocycles. The molecule has 2 aromatic carbocycles. The number of aromatic nitrogens is 2. The summed E-state index contributed by atoms with van der Waals surface area (Å²) in [4.78, 5) is 30.9. The van der Waals surface area contributed by atoms with Gasteiger partial charge in [-0.15, -0.1) is 0 Å². The molecule has 0 bridgehead atoms. The fraction of sp³-hybridized carbons (Fsp3) is 0.273. The molecule has 0 aliphatic carbocycles. The second kappa shape index (κ2) is 8.26. The van der Waals surface area contributed by atoms with E-state index in [1.807, 2.05) is 42.5 Å². The van der Waals surface area contributed by atoms with E-state index >= 15 is 0 Å². The highest BCUT2D eigenvalue weighted by atomic mass is 16.5. The molecule has 148 valence electrons. The highest BCUT2D eigenvalue weighted by Gasteiger charge is 2.34. The summed E-state index contributed by atoms with van der Waals surface area (Å²) in [5, 5.41) is 6.67. The average molecular weight is 390 g/mol. The molecule has 1 atom stereocenters. The van der Waals surface area contributed by atoms with Crippen LogP contribution in [0.4, 0.5) is 5.69 Å². The standard InChI is InChI=1S/C22H22N4O3/c1-15-23-22(29-25-15)17-7-9-19(10-8-17)24-21(28)18-13-20(27)26(14-18)12-11-16-5-3-2-4-6-16/h2-10,18H,11-14H2,1H3,(H,24,28). The Morgan fingerprint density at radius 1 is 1.17 bits per heavy atom. The van der Waals surface area contributed by atoms with E-state index in [0.29, 0.717) is 30.5 Å². The van der Waals surface area contributed by atoms with Gasteiger partial charge in [0.05, 0.1) is 5.92 Å². The first kappa shape index (κ1) is 18.9. The Balaban J connectivity index is 1.32. The van der Waals surface area contributed by atoms with Gasteiger partial charge in [0.25, 0.3) is 5.89 Å². The average Bonchev–Trinajstić information content (AvgIpc) is 3.33. The molecule has 1 saturated heterocycles. The quantitative estimate of drug-likeness (QED) is 0.699. The summed E-state index contributed by atoms with van der Waals surface area (Å²) in [6.45, 7) is 2.84. The Morgan fingerprint density at radius 3 is 2.62 bits per heavy atom. The molecule has 29 heavy (non-hydrogen) atoms. The lowest BCUT2D eigenvalue weighted by molar-refractivity contribution is -0.128. The number of benzene rings is 2. The maximum absolute atomic E-state index is 12.6. The molecular weight excluding hydrogens is 368 g/mol. The minimum absolute atomic E-state index is 0.0307. The van der Waals surface area contributed by atoms with Crippen LogP contribution in [0.3, 0.4) is 0 Å². The minimum atomic E-state index is -0.337. The lowest BCUT2D eigenvalue weighted by atomic mass is 10.1. The van der Waals surface area contributed by atoms with E-state index in [2.05, 4.69) is 15.5 Å². The molecule has 1 aliphatic heterocycles. The summed E-state index contributed by atoms with van der Waals surface area (Å²) in [5.41, 5.74) is 2.64. The van der Waals surface area contributed by atoms with Crippen LogP contribution in [0.1, 0.15) is 17.8 Å². The molecule has 1 aliphatic rings. The van der Waals surface area contributed by atoms with Crippen molar-refractivity contribution in [1.29, 1.82) is 0 Å². The van der Waals surface area contributed by atoms with E-state index in [1.165, 1.54) is 5.56 Å². The monoisotopic (exact) mass is 390 g/mol. The van der Waals surface area contributed by atoms with E-state index in [9.17, 15) is 9.59 Å². The molecule has 0 radical (unpaired) electrons. The first-order valence-corrected chi connectivity index (χ1v) is 9.62. The van der Waals surface area contributed by atoms with Gasteiger partial charge in [0, 0.05) is 30.8 Å². The molecule has 1 fully saturated rings. The molecule has 7 nitrogen and oxygen atoms in total. The van der Waals surface area contributed by atoms with Gasteiger partial charge in [-0.25, -0.2) is 0 Å². The summed E-state index contributed by atoms with van der Waals surface area (Å²) in [6.07, 6.45) is 1.04. The van der Waals surface area contributed by atoms with Crippen molar-refractivity contribution in [2.45, 2.75) is 19.8 Å². The number of nitrogens with one attached hydrogen (secondary N) is 1. The van der Waals surface area contributed by atoms with Crippen LogP contribution in [-0.4, -0.2) is 39.9 Å². The third kappa shape index (κ3) is 4.51. The summed E-state index contributed by atoms with van der Waals surface area (Å²) < 4.78 is 5.14. The van der Waals surface area contributed by atoms with Crippen molar-refractivity contribution in [3.63, 3.8) is 0 Å². The third-order valence-corrected chi connectivity index (χ3v) is 5.03. The van der Waals surface area contributed by atoms with Gasteiger partial charge in [0.1, 0.15) is 0 Å². The van der Waals surface area contributed by atoms with Crippen LogP contribution in [-0.2, 0) is 16.0 Å². The van der Waals surface area contributed by atoms with E-state index < -0.39 is 0 Å². The zero-order chi connectivity index (χ0) is 20.2. The molecule has 0 spiro atoms. The molecule has 4 rings (SSSR count). The SMILES string of the molecule is Cc1noc(-c2ccc(NC(=O)C3CC(=O)N(CCc4ccccc4)C3)cc2)n1. The van der Waals surface area contributed by atoms with Crippen LogP contribution < -0.4 is 5.32 Å². The molecule has 1 unspecified atom stereocenters. The van der Waals surface area contributed by atoms with Gasteiger partial charge in [-0.3, -0.25) is 9.59 Å². The van der Waals surface area contributed by atoms with Crippen molar-refractivity contribution >= 4 is 17.5 Å². The maximum atomic E-state index is 12.6. The number of likely N-dealkylation sites (tertiary alicyclic amines) is 1. The molecule has 3 aromatic rings. The molecular formula is C22H22N4O3. The van der Waals surface area contributed by atoms with E-state index in [1.54, 1.807) is 24.0 Å². The van der Waals surface area contributed by atoms with Crippen LogP contribution >= 0.6 is 0 Å². The lowest BCUT2D eigenvalue weighted by Gasteiger charge is -2.16. The van der Waals surface area contributed by atoms with Gasteiger partial charge < -0.3 is 14.7 Å². The smallest absolute Gasteiger partial charge is 0.257 e. The number of carbonyl (C=O) groups excluding carboxylic acids is 2. The molecule has 2 amide bonds. The molecule has 2 heterocycles. The Labute approximate surface area is 168 Å². The number of nitrogens with zero attached hydrogens (tertiary/aromatic N) is 3. The van der Waals surface area contributed by atoms with Crippen molar-refractivity contribution in [3.05, 3.63) is 66.0 Å². The fourth-order valence-electron chi connectivity index (χ4n) is 3.43.